The van der Waals surface area contributed by atoms with Crippen LogP contribution in [-0.4, -0.2) is 49.1 Å². The number of esters is 1. The van der Waals surface area contributed by atoms with Crippen LogP contribution in [0.3, 0.4) is 0 Å². The van der Waals surface area contributed by atoms with Gasteiger partial charge < -0.3 is 19.7 Å². The van der Waals surface area contributed by atoms with E-state index in [1.165, 1.54) is 43.7 Å². The first kappa shape index (κ1) is 33.6. The van der Waals surface area contributed by atoms with Crippen molar-refractivity contribution in [3.63, 3.8) is 0 Å². The number of hydrogen-bond acceptors (Lipinski definition) is 9. The number of ether oxygens (including phenoxy) is 2. The van der Waals surface area contributed by atoms with Crippen molar-refractivity contribution in [1.82, 2.24) is 10.7 Å². The first-order valence-corrected chi connectivity index (χ1v) is 14.6. The summed E-state index contributed by atoms with van der Waals surface area (Å²) in [6.45, 7) is 5.85. The summed E-state index contributed by atoms with van der Waals surface area (Å²) in [4.78, 5) is 51.2. The number of carbonyl (C=O) groups excluding carboxylic acids is 3. The van der Waals surface area contributed by atoms with Crippen LogP contribution in [0.4, 0.5) is 11.4 Å². The van der Waals surface area contributed by atoms with E-state index in [1.54, 1.807) is 48.5 Å². The number of nitrogens with zero attached hydrogens (tertiary/aromatic N) is 3. The van der Waals surface area contributed by atoms with Crippen molar-refractivity contribution in [2.75, 3.05) is 25.1 Å². The summed E-state index contributed by atoms with van der Waals surface area (Å²) in [5, 5.41) is 17.6. The monoisotopic (exact) mass is 635 g/mol. The van der Waals surface area contributed by atoms with E-state index < -0.39 is 22.7 Å². The third kappa shape index (κ3) is 9.11. The van der Waals surface area contributed by atoms with E-state index in [1.807, 2.05) is 24.3 Å². The summed E-state index contributed by atoms with van der Waals surface area (Å²) in [5.74, 6) is -1.53. The Kier molecular flexibility index (Phi) is 11.5. The molecule has 0 spiro atoms. The zero-order valence-electron chi connectivity index (χ0n) is 26.0. The molecule has 12 nitrogen and oxygen atoms in total. The molecule has 0 aliphatic carbocycles. The Labute approximate surface area is 271 Å². The Morgan fingerprint density at radius 2 is 1.51 bits per heavy atom. The molecule has 0 heterocycles. The largest absolute Gasteiger partial charge is 0.493 e. The number of benzene rings is 4. The average Bonchev–Trinajstić information content (AvgIpc) is 3.10. The minimum Gasteiger partial charge on any atom is -0.493 e. The molecule has 0 saturated heterocycles. The molecule has 4 aromatic rings. The van der Waals surface area contributed by atoms with Gasteiger partial charge in [0.25, 0.3) is 17.5 Å². The maximum absolute atomic E-state index is 13.2. The SMILES string of the molecule is CCN(CC)c1ccc(C=C(NC(=O)c2ccccc2)C(=O)NN=Cc2ccc(OC(=O)c3ccc([N+](=O)[O-])cc3)c(OC)c2)cc1. The molecule has 0 aliphatic rings. The molecule has 0 aromatic heterocycles. The number of nitrogens with one attached hydrogen (secondary N) is 2. The van der Waals surface area contributed by atoms with E-state index >= 15 is 0 Å². The van der Waals surface area contributed by atoms with E-state index in [0.29, 0.717) is 16.7 Å². The third-order valence-corrected chi connectivity index (χ3v) is 6.95. The van der Waals surface area contributed by atoms with Crippen molar-refractivity contribution in [2.24, 2.45) is 5.10 Å². The second-order valence-electron chi connectivity index (χ2n) is 9.94. The maximum Gasteiger partial charge on any atom is 0.343 e. The standard InChI is InChI=1S/C35H33N5O7/c1-4-39(5-2)28-16-11-24(12-17-28)21-30(37-33(41)26-9-7-6-8-10-26)34(42)38-36-23-25-13-20-31(32(22-25)46-3)47-35(43)27-14-18-29(19-15-27)40(44)45/h6-23H,4-5H2,1-3H3,(H,37,41)(H,38,42). The summed E-state index contributed by atoms with van der Waals surface area (Å²) >= 11 is 0. The van der Waals surface area contributed by atoms with Gasteiger partial charge in [0.05, 0.1) is 23.8 Å². The summed E-state index contributed by atoms with van der Waals surface area (Å²) in [7, 11) is 1.39. The van der Waals surface area contributed by atoms with E-state index in [-0.39, 0.29) is 28.4 Å². The van der Waals surface area contributed by atoms with Crippen molar-refractivity contribution in [1.29, 1.82) is 0 Å². The quantitative estimate of drug-likeness (QED) is 0.0482. The highest BCUT2D eigenvalue weighted by Gasteiger charge is 2.16. The molecule has 0 bridgehead atoms. The van der Waals surface area contributed by atoms with Gasteiger partial charge in [-0.25, -0.2) is 10.2 Å². The Morgan fingerprint density at radius 3 is 2.13 bits per heavy atom. The molecular weight excluding hydrogens is 602 g/mol. The molecule has 0 saturated carbocycles. The van der Waals surface area contributed by atoms with Gasteiger partial charge in [-0.2, -0.15) is 5.10 Å². The zero-order valence-corrected chi connectivity index (χ0v) is 26.0. The second kappa shape index (κ2) is 16.1. The normalized spacial score (nSPS) is 11.1. The first-order valence-electron chi connectivity index (χ1n) is 14.6. The minimum atomic E-state index is -0.730. The van der Waals surface area contributed by atoms with Gasteiger partial charge in [-0.15, -0.1) is 0 Å². The van der Waals surface area contributed by atoms with E-state index in [9.17, 15) is 24.5 Å². The fourth-order valence-electron chi connectivity index (χ4n) is 4.43. The number of anilines is 1. The molecule has 2 N–H and O–H groups in total. The Bertz CT molecular complexity index is 1780. The van der Waals surface area contributed by atoms with E-state index in [2.05, 4.69) is 34.6 Å². The fraction of sp³-hybridized carbons (Fsp3) is 0.143. The molecule has 2 amide bonds. The molecule has 0 aliphatic heterocycles. The average molecular weight is 636 g/mol. The maximum atomic E-state index is 13.2. The molecule has 0 radical (unpaired) electrons. The van der Waals surface area contributed by atoms with Crippen molar-refractivity contribution in [2.45, 2.75) is 13.8 Å². The molecule has 12 heteroatoms. The van der Waals surface area contributed by atoms with Gasteiger partial charge in [0.2, 0.25) is 0 Å². The van der Waals surface area contributed by atoms with Crippen LogP contribution in [0.15, 0.2) is 108 Å². The summed E-state index contributed by atoms with van der Waals surface area (Å²) in [6.07, 6.45) is 2.92. The lowest BCUT2D eigenvalue weighted by Gasteiger charge is -2.20. The van der Waals surface area contributed by atoms with Crippen LogP contribution in [0.1, 0.15) is 45.7 Å². The number of hydrogen-bond donors (Lipinski definition) is 2. The van der Waals surface area contributed by atoms with Crippen molar-refractivity contribution in [3.8, 4) is 11.5 Å². The van der Waals surface area contributed by atoms with Crippen LogP contribution in [-0.2, 0) is 4.79 Å². The van der Waals surface area contributed by atoms with Gasteiger partial charge in [-0.05, 0) is 85.6 Å². The van der Waals surface area contributed by atoms with Gasteiger partial charge in [0.15, 0.2) is 11.5 Å². The van der Waals surface area contributed by atoms with Gasteiger partial charge in [0, 0.05) is 36.5 Å². The zero-order chi connectivity index (χ0) is 33.8. The molecule has 0 unspecified atom stereocenters. The lowest BCUT2D eigenvalue weighted by Crippen LogP contribution is -2.32. The van der Waals surface area contributed by atoms with Crippen LogP contribution >= 0.6 is 0 Å². The molecule has 47 heavy (non-hydrogen) atoms. The van der Waals surface area contributed by atoms with Gasteiger partial charge >= 0.3 is 5.97 Å². The van der Waals surface area contributed by atoms with Crippen LogP contribution in [0.2, 0.25) is 0 Å². The van der Waals surface area contributed by atoms with Crippen LogP contribution in [0.25, 0.3) is 6.08 Å². The van der Waals surface area contributed by atoms with Crippen molar-refractivity contribution < 1.29 is 28.8 Å². The third-order valence-electron chi connectivity index (χ3n) is 6.95. The topological polar surface area (TPSA) is 152 Å². The molecule has 0 fully saturated rings. The van der Waals surface area contributed by atoms with Crippen LogP contribution in [0, 0.1) is 10.1 Å². The van der Waals surface area contributed by atoms with Crippen molar-refractivity contribution >= 4 is 41.4 Å². The summed E-state index contributed by atoms with van der Waals surface area (Å²) in [6, 6.07) is 25.8. The summed E-state index contributed by atoms with van der Waals surface area (Å²) in [5.41, 5.74) is 5.02. The predicted molar refractivity (Wildman–Crippen MR) is 179 cm³/mol. The lowest BCUT2D eigenvalue weighted by molar-refractivity contribution is -0.384. The Morgan fingerprint density at radius 1 is 0.851 bits per heavy atom. The van der Waals surface area contributed by atoms with Gasteiger partial charge in [0.1, 0.15) is 5.70 Å². The Hall–Kier alpha value is -6.30. The number of carbonyl (C=O) groups is 3. The number of rotatable bonds is 13. The highest BCUT2D eigenvalue weighted by Crippen LogP contribution is 2.28. The smallest absolute Gasteiger partial charge is 0.343 e. The fourth-order valence-corrected chi connectivity index (χ4v) is 4.43. The van der Waals surface area contributed by atoms with Crippen LogP contribution in [0.5, 0.6) is 11.5 Å². The number of nitro benzene ring substituents is 1. The van der Waals surface area contributed by atoms with E-state index in [4.69, 9.17) is 9.47 Å². The van der Waals surface area contributed by atoms with Gasteiger partial charge in [-0.3, -0.25) is 19.7 Å². The molecule has 240 valence electrons. The van der Waals surface area contributed by atoms with Crippen LogP contribution < -0.4 is 25.1 Å². The number of nitro groups is 1. The molecule has 4 aromatic carbocycles. The predicted octanol–water partition coefficient (Wildman–Crippen LogP) is 5.59. The number of hydrazone groups is 1. The molecular formula is C35H33N5O7. The molecule has 0 atom stereocenters. The number of amides is 2. The van der Waals surface area contributed by atoms with Gasteiger partial charge in [-0.1, -0.05) is 30.3 Å². The van der Waals surface area contributed by atoms with Crippen molar-refractivity contribution in [3.05, 3.63) is 135 Å². The highest BCUT2D eigenvalue weighted by molar-refractivity contribution is 6.05. The lowest BCUT2D eigenvalue weighted by atomic mass is 10.1. The minimum absolute atomic E-state index is 0.0160. The highest BCUT2D eigenvalue weighted by atomic mass is 16.6. The Balaban J connectivity index is 1.49. The number of non-ortho nitro benzene ring substituents is 1. The number of methoxy groups -OCH3 is 1. The second-order valence-corrected chi connectivity index (χ2v) is 9.94. The summed E-state index contributed by atoms with van der Waals surface area (Å²) < 4.78 is 10.8. The van der Waals surface area contributed by atoms with E-state index in [0.717, 1.165) is 18.8 Å². The first-order chi connectivity index (χ1) is 22.7. The molecule has 4 rings (SSSR count).